The van der Waals surface area contributed by atoms with Gasteiger partial charge >= 0.3 is 0 Å². The van der Waals surface area contributed by atoms with Gasteiger partial charge in [-0.3, -0.25) is 4.79 Å². The third kappa shape index (κ3) is 2.83. The first-order valence-electron chi connectivity index (χ1n) is 6.53. The average Bonchev–Trinajstić information content (AvgIpc) is 3.05. The van der Waals surface area contributed by atoms with E-state index >= 15 is 0 Å². The molecule has 7 heteroatoms. The molecule has 0 saturated heterocycles. The first-order valence-corrected chi connectivity index (χ1v) is 6.53. The molecule has 1 amide bonds. The molecule has 0 spiro atoms. The number of halogens is 1. The smallest absolute Gasteiger partial charge is 0.255 e. The van der Waals surface area contributed by atoms with E-state index in [0.717, 1.165) is 0 Å². The fourth-order valence-corrected chi connectivity index (χ4v) is 1.83. The van der Waals surface area contributed by atoms with Gasteiger partial charge < -0.3 is 5.32 Å². The summed E-state index contributed by atoms with van der Waals surface area (Å²) in [6.07, 6.45) is 6.26. The highest BCUT2D eigenvalue weighted by Gasteiger charge is 2.09. The van der Waals surface area contributed by atoms with Crippen LogP contribution in [0.3, 0.4) is 0 Å². The van der Waals surface area contributed by atoms with Gasteiger partial charge in [0.05, 0.1) is 18.1 Å². The molecule has 0 aliphatic carbocycles. The van der Waals surface area contributed by atoms with E-state index in [1.807, 2.05) is 0 Å². The summed E-state index contributed by atoms with van der Waals surface area (Å²) in [6, 6.07) is 6.07. The Hall–Kier alpha value is -3.09. The van der Waals surface area contributed by atoms with Crippen LogP contribution in [0.5, 0.6) is 0 Å². The van der Waals surface area contributed by atoms with Crippen molar-refractivity contribution in [1.82, 2.24) is 19.7 Å². The lowest BCUT2D eigenvalue weighted by atomic mass is 10.1. The predicted octanol–water partition coefficient (Wildman–Crippen LogP) is 2.36. The number of hydrogen-bond donors (Lipinski definition) is 1. The van der Waals surface area contributed by atoms with E-state index in [0.29, 0.717) is 17.2 Å². The maximum absolute atomic E-state index is 13.5. The minimum atomic E-state index is -0.422. The Bertz CT molecular complexity index is 799. The van der Waals surface area contributed by atoms with E-state index in [1.165, 1.54) is 23.1 Å². The summed E-state index contributed by atoms with van der Waals surface area (Å²) in [7, 11) is 0. The fourth-order valence-electron chi connectivity index (χ4n) is 1.83. The van der Waals surface area contributed by atoms with Gasteiger partial charge in [0.15, 0.2) is 0 Å². The number of rotatable bonds is 3. The van der Waals surface area contributed by atoms with Crippen LogP contribution in [0.2, 0.25) is 0 Å². The second-order valence-electron chi connectivity index (χ2n) is 4.64. The van der Waals surface area contributed by atoms with Crippen molar-refractivity contribution in [3.05, 3.63) is 66.0 Å². The second-order valence-corrected chi connectivity index (χ2v) is 4.64. The molecule has 0 radical (unpaired) electrons. The van der Waals surface area contributed by atoms with E-state index in [-0.39, 0.29) is 5.56 Å². The van der Waals surface area contributed by atoms with Gasteiger partial charge in [-0.05, 0) is 30.7 Å². The Labute approximate surface area is 125 Å². The molecule has 1 aromatic carbocycles. The van der Waals surface area contributed by atoms with Crippen molar-refractivity contribution in [3.8, 4) is 5.95 Å². The molecule has 0 aliphatic rings. The number of aromatic nitrogens is 4. The van der Waals surface area contributed by atoms with Gasteiger partial charge in [-0.1, -0.05) is 6.07 Å². The number of nitrogens with zero attached hydrogens (tertiary/aromatic N) is 4. The lowest BCUT2D eigenvalue weighted by molar-refractivity contribution is 0.102. The Morgan fingerprint density at radius 2 is 2.05 bits per heavy atom. The fraction of sp³-hybridized carbons (Fsp3) is 0.0667. The van der Waals surface area contributed by atoms with Crippen LogP contribution < -0.4 is 5.32 Å². The van der Waals surface area contributed by atoms with E-state index in [1.54, 1.807) is 37.5 Å². The molecule has 3 aromatic rings. The molecule has 0 unspecified atom stereocenters. The summed E-state index contributed by atoms with van der Waals surface area (Å²) in [5.74, 6) is -0.448. The van der Waals surface area contributed by atoms with E-state index < -0.39 is 11.7 Å². The zero-order valence-electron chi connectivity index (χ0n) is 11.7. The molecular formula is C15H12FN5O. The summed E-state index contributed by atoms with van der Waals surface area (Å²) in [5, 5.41) is 6.62. The molecule has 0 fully saturated rings. The molecule has 3 rings (SSSR count). The number of anilines is 1. The van der Waals surface area contributed by atoms with Crippen molar-refractivity contribution in [2.24, 2.45) is 0 Å². The normalized spacial score (nSPS) is 10.5. The Balaban J connectivity index is 1.75. The van der Waals surface area contributed by atoms with Crippen molar-refractivity contribution >= 4 is 11.6 Å². The molecule has 6 nitrogen and oxygen atoms in total. The molecule has 2 heterocycles. The summed E-state index contributed by atoms with van der Waals surface area (Å²) in [4.78, 5) is 20.2. The molecule has 0 atom stereocenters. The molecule has 0 aliphatic heterocycles. The number of carbonyl (C=O) groups is 1. The van der Waals surface area contributed by atoms with E-state index in [2.05, 4.69) is 20.4 Å². The summed E-state index contributed by atoms with van der Waals surface area (Å²) in [5.41, 5.74) is 1.14. The molecule has 0 saturated carbocycles. The molecule has 0 bridgehead atoms. The van der Waals surface area contributed by atoms with Gasteiger partial charge in [0, 0.05) is 18.0 Å². The predicted molar refractivity (Wildman–Crippen MR) is 78.2 cm³/mol. The van der Waals surface area contributed by atoms with Crippen LogP contribution in [0.15, 0.2) is 49.1 Å². The molecule has 22 heavy (non-hydrogen) atoms. The maximum Gasteiger partial charge on any atom is 0.255 e. The highest BCUT2D eigenvalue weighted by atomic mass is 19.1. The maximum atomic E-state index is 13.5. The molecular weight excluding hydrogens is 285 g/mol. The van der Waals surface area contributed by atoms with Crippen molar-refractivity contribution in [3.63, 3.8) is 0 Å². The van der Waals surface area contributed by atoms with Gasteiger partial charge in [-0.25, -0.2) is 19.0 Å². The SMILES string of the molecule is Cc1ccc(C(=O)Nc2cnc(-n3cccn3)nc2)cc1F. The lowest BCUT2D eigenvalue weighted by Crippen LogP contribution is -2.13. The highest BCUT2D eigenvalue weighted by Crippen LogP contribution is 2.12. The number of nitrogens with one attached hydrogen (secondary N) is 1. The Morgan fingerprint density at radius 3 is 2.68 bits per heavy atom. The van der Waals surface area contributed by atoms with Crippen molar-refractivity contribution in [1.29, 1.82) is 0 Å². The van der Waals surface area contributed by atoms with Crippen LogP contribution >= 0.6 is 0 Å². The van der Waals surface area contributed by atoms with Gasteiger partial charge in [-0.2, -0.15) is 5.10 Å². The van der Waals surface area contributed by atoms with Crippen LogP contribution in [0.4, 0.5) is 10.1 Å². The quantitative estimate of drug-likeness (QED) is 0.805. The van der Waals surface area contributed by atoms with E-state index in [4.69, 9.17) is 0 Å². The monoisotopic (exact) mass is 297 g/mol. The summed E-state index contributed by atoms with van der Waals surface area (Å²) >= 11 is 0. The molecule has 110 valence electrons. The standard InChI is InChI=1S/C15H12FN5O/c1-10-3-4-11(7-13(10)16)14(22)20-12-8-17-15(18-9-12)21-6-2-5-19-21/h2-9H,1H3,(H,20,22). The third-order valence-electron chi connectivity index (χ3n) is 3.04. The number of benzene rings is 1. The number of aryl methyl sites for hydroxylation is 1. The van der Waals surface area contributed by atoms with E-state index in [9.17, 15) is 9.18 Å². The van der Waals surface area contributed by atoms with Gasteiger partial charge in [0.2, 0.25) is 0 Å². The van der Waals surface area contributed by atoms with Crippen molar-refractivity contribution < 1.29 is 9.18 Å². The minimum Gasteiger partial charge on any atom is -0.319 e. The zero-order chi connectivity index (χ0) is 15.5. The Morgan fingerprint density at radius 1 is 1.27 bits per heavy atom. The molecule has 1 N–H and O–H groups in total. The first kappa shape index (κ1) is 13.9. The number of hydrogen-bond acceptors (Lipinski definition) is 4. The van der Waals surface area contributed by atoms with Gasteiger partial charge in [0.25, 0.3) is 11.9 Å². The number of amides is 1. The van der Waals surface area contributed by atoms with Gasteiger partial charge in [-0.15, -0.1) is 0 Å². The number of carbonyl (C=O) groups excluding carboxylic acids is 1. The average molecular weight is 297 g/mol. The van der Waals surface area contributed by atoms with Crippen LogP contribution in [-0.2, 0) is 0 Å². The van der Waals surface area contributed by atoms with Crippen LogP contribution in [-0.4, -0.2) is 25.7 Å². The molecule has 2 aromatic heterocycles. The second kappa shape index (κ2) is 5.72. The largest absolute Gasteiger partial charge is 0.319 e. The minimum absolute atomic E-state index is 0.235. The zero-order valence-corrected chi connectivity index (χ0v) is 11.7. The van der Waals surface area contributed by atoms with Crippen LogP contribution in [0, 0.1) is 12.7 Å². The highest BCUT2D eigenvalue weighted by molar-refractivity contribution is 6.04. The Kier molecular flexibility index (Phi) is 3.61. The topological polar surface area (TPSA) is 72.7 Å². The van der Waals surface area contributed by atoms with Crippen LogP contribution in [0.1, 0.15) is 15.9 Å². The van der Waals surface area contributed by atoms with Crippen molar-refractivity contribution in [2.75, 3.05) is 5.32 Å². The van der Waals surface area contributed by atoms with Crippen molar-refractivity contribution in [2.45, 2.75) is 6.92 Å². The van der Waals surface area contributed by atoms with Crippen LogP contribution in [0.25, 0.3) is 5.95 Å². The summed E-state index contributed by atoms with van der Waals surface area (Å²) < 4.78 is 15.0. The van der Waals surface area contributed by atoms with Gasteiger partial charge in [0.1, 0.15) is 5.82 Å². The lowest BCUT2D eigenvalue weighted by Gasteiger charge is -2.06. The summed E-state index contributed by atoms with van der Waals surface area (Å²) in [6.45, 7) is 1.64. The third-order valence-corrected chi connectivity index (χ3v) is 3.04. The first-order chi connectivity index (χ1) is 10.6.